The Morgan fingerprint density at radius 3 is 2.69 bits per heavy atom. The summed E-state index contributed by atoms with van der Waals surface area (Å²) in [4.78, 5) is 12.6. The van der Waals surface area contributed by atoms with Gasteiger partial charge in [-0.1, -0.05) is 17.3 Å². The lowest BCUT2D eigenvalue weighted by Crippen LogP contribution is -2.17. The zero-order valence-electron chi connectivity index (χ0n) is 14.6. The number of nitrogens with one attached hydrogen (secondary N) is 1. The number of alkyl halides is 3. The van der Waals surface area contributed by atoms with E-state index < -0.39 is 6.36 Å². The van der Waals surface area contributed by atoms with E-state index in [-0.39, 0.29) is 11.6 Å². The van der Waals surface area contributed by atoms with Crippen LogP contribution in [0.1, 0.15) is 5.56 Å². The molecule has 0 radical (unpaired) electrons. The average molecular weight is 419 g/mol. The Balaban J connectivity index is 1.48. The van der Waals surface area contributed by atoms with Gasteiger partial charge in [-0.15, -0.1) is 13.2 Å². The number of benzene rings is 1. The van der Waals surface area contributed by atoms with Crippen LogP contribution in [0, 0.1) is 0 Å². The van der Waals surface area contributed by atoms with Crippen molar-refractivity contribution in [2.75, 3.05) is 5.32 Å². The Morgan fingerprint density at radius 2 is 1.97 bits per heavy atom. The van der Waals surface area contributed by atoms with Crippen LogP contribution < -0.4 is 10.1 Å². The Bertz CT molecular complexity index is 1080. The second-order valence-electron chi connectivity index (χ2n) is 5.77. The summed E-state index contributed by atoms with van der Waals surface area (Å²) in [5, 5.41) is 10.9. The summed E-state index contributed by atoms with van der Waals surface area (Å²) in [6.45, 7) is 0.307. The van der Waals surface area contributed by atoms with Gasteiger partial charge in [0.15, 0.2) is 0 Å². The number of rotatable bonds is 6. The highest BCUT2D eigenvalue weighted by Gasteiger charge is 2.30. The summed E-state index contributed by atoms with van der Waals surface area (Å²) in [6.07, 6.45) is -1.82. The fourth-order valence-electron chi connectivity index (χ4n) is 2.46. The van der Waals surface area contributed by atoms with Crippen LogP contribution in [0.25, 0.3) is 22.8 Å². The van der Waals surface area contributed by atoms with E-state index >= 15 is 0 Å². The lowest BCUT2D eigenvalue weighted by molar-refractivity contribution is -0.274. The van der Waals surface area contributed by atoms with E-state index in [0.717, 1.165) is 11.1 Å². The molecule has 11 heteroatoms. The average Bonchev–Trinajstić information content (AvgIpc) is 3.38. The maximum absolute atomic E-state index is 12.2. The van der Waals surface area contributed by atoms with Crippen LogP contribution in [0.4, 0.5) is 19.0 Å². The van der Waals surface area contributed by atoms with E-state index in [2.05, 4.69) is 30.2 Å². The molecule has 0 bridgehead atoms. The van der Waals surface area contributed by atoms with Crippen LogP contribution in [0.3, 0.4) is 0 Å². The van der Waals surface area contributed by atoms with E-state index in [0.29, 0.717) is 23.8 Å². The van der Waals surface area contributed by atoms with Crippen LogP contribution >= 0.6 is 11.3 Å². The molecule has 1 N–H and O–H groups in total. The van der Waals surface area contributed by atoms with E-state index in [1.165, 1.54) is 41.9 Å². The molecule has 0 aliphatic heterocycles. The van der Waals surface area contributed by atoms with Gasteiger partial charge in [-0.25, -0.2) is 9.97 Å². The summed E-state index contributed by atoms with van der Waals surface area (Å²) in [5.41, 5.74) is 2.09. The van der Waals surface area contributed by atoms with Crippen molar-refractivity contribution in [3.8, 4) is 28.6 Å². The van der Waals surface area contributed by atoms with Gasteiger partial charge in [0.25, 0.3) is 5.89 Å². The summed E-state index contributed by atoms with van der Waals surface area (Å²) < 4.78 is 45.9. The molecule has 0 amide bonds. The molecule has 0 saturated carbocycles. The minimum absolute atomic E-state index is 0.253. The molecule has 29 heavy (non-hydrogen) atoms. The third-order valence-electron chi connectivity index (χ3n) is 3.76. The van der Waals surface area contributed by atoms with Gasteiger partial charge in [-0.3, -0.25) is 0 Å². The molecule has 4 rings (SSSR count). The van der Waals surface area contributed by atoms with Crippen molar-refractivity contribution >= 4 is 17.2 Å². The Labute approximate surface area is 166 Å². The standard InChI is InChI=1S/C18H12F3N5O2S/c19-18(20,21)27-13-3-1-11(2-4-13)7-23-16-14(8-22-10-24-16)17-25-15(26-28-17)12-5-6-29-9-12/h1-6,8-10H,7H2,(H,22,23,24). The Hall–Kier alpha value is -3.47. The molecule has 0 aliphatic carbocycles. The molecule has 0 unspecified atom stereocenters. The molecule has 148 valence electrons. The molecule has 3 aromatic heterocycles. The van der Waals surface area contributed by atoms with E-state index in [1.54, 1.807) is 6.20 Å². The topological polar surface area (TPSA) is 86.0 Å². The molecule has 0 spiro atoms. The van der Waals surface area contributed by atoms with Crippen LogP contribution in [0.2, 0.25) is 0 Å². The van der Waals surface area contributed by atoms with Crippen molar-refractivity contribution in [3.63, 3.8) is 0 Å². The van der Waals surface area contributed by atoms with Gasteiger partial charge in [0, 0.05) is 23.7 Å². The molecule has 4 aromatic rings. The van der Waals surface area contributed by atoms with Gasteiger partial charge in [0.1, 0.15) is 23.5 Å². The molecule has 3 heterocycles. The summed E-state index contributed by atoms with van der Waals surface area (Å²) in [7, 11) is 0. The molecular formula is C18H12F3N5O2S. The van der Waals surface area contributed by atoms with Crippen molar-refractivity contribution in [1.82, 2.24) is 20.1 Å². The number of aromatic nitrogens is 4. The third-order valence-corrected chi connectivity index (χ3v) is 4.45. The number of thiophene rings is 1. The second-order valence-corrected chi connectivity index (χ2v) is 6.55. The number of ether oxygens (including phenoxy) is 1. The predicted molar refractivity (Wildman–Crippen MR) is 99.1 cm³/mol. The lowest BCUT2D eigenvalue weighted by Gasteiger charge is -2.10. The zero-order chi connectivity index (χ0) is 20.3. The number of anilines is 1. The van der Waals surface area contributed by atoms with E-state index in [9.17, 15) is 13.2 Å². The van der Waals surface area contributed by atoms with E-state index in [4.69, 9.17) is 4.52 Å². The monoisotopic (exact) mass is 419 g/mol. The lowest BCUT2D eigenvalue weighted by atomic mass is 10.2. The highest BCUT2D eigenvalue weighted by Crippen LogP contribution is 2.28. The maximum atomic E-state index is 12.2. The zero-order valence-corrected chi connectivity index (χ0v) is 15.4. The number of hydrogen-bond donors (Lipinski definition) is 1. The van der Waals surface area contributed by atoms with Gasteiger partial charge < -0.3 is 14.6 Å². The Morgan fingerprint density at radius 1 is 1.14 bits per heavy atom. The number of halogens is 3. The fraction of sp³-hybridized carbons (Fsp3) is 0.111. The van der Waals surface area contributed by atoms with Gasteiger partial charge in [-0.2, -0.15) is 16.3 Å². The molecule has 0 fully saturated rings. The van der Waals surface area contributed by atoms with E-state index in [1.807, 2.05) is 16.8 Å². The number of hydrogen-bond acceptors (Lipinski definition) is 8. The first kappa shape index (κ1) is 18.9. The van der Waals surface area contributed by atoms with Crippen LogP contribution in [0.15, 0.2) is 58.1 Å². The highest BCUT2D eigenvalue weighted by molar-refractivity contribution is 7.08. The van der Waals surface area contributed by atoms with Crippen molar-refractivity contribution in [2.45, 2.75) is 12.9 Å². The summed E-state index contributed by atoms with van der Waals surface area (Å²) >= 11 is 1.52. The van der Waals surface area contributed by atoms with Crippen LogP contribution in [-0.2, 0) is 6.54 Å². The molecule has 0 atom stereocenters. The molecule has 0 saturated heterocycles. The molecule has 1 aromatic carbocycles. The van der Waals surface area contributed by atoms with Gasteiger partial charge in [-0.05, 0) is 29.1 Å². The van der Waals surface area contributed by atoms with Crippen molar-refractivity contribution in [2.24, 2.45) is 0 Å². The Kier molecular flexibility index (Phi) is 5.12. The highest BCUT2D eigenvalue weighted by atomic mass is 32.1. The van der Waals surface area contributed by atoms with Gasteiger partial charge in [0.05, 0.1) is 0 Å². The fourth-order valence-corrected chi connectivity index (χ4v) is 3.10. The summed E-state index contributed by atoms with van der Waals surface area (Å²) in [5.74, 6) is 0.881. The number of nitrogens with zero attached hydrogens (tertiary/aromatic N) is 4. The smallest absolute Gasteiger partial charge is 0.406 e. The van der Waals surface area contributed by atoms with Crippen LogP contribution in [-0.4, -0.2) is 26.5 Å². The van der Waals surface area contributed by atoms with Crippen molar-refractivity contribution < 1.29 is 22.4 Å². The predicted octanol–water partition coefficient (Wildman–Crippen LogP) is 4.77. The maximum Gasteiger partial charge on any atom is 0.573 e. The minimum Gasteiger partial charge on any atom is -0.406 e. The van der Waals surface area contributed by atoms with Gasteiger partial charge in [0.2, 0.25) is 5.82 Å². The second kappa shape index (κ2) is 7.87. The largest absolute Gasteiger partial charge is 0.573 e. The first-order valence-electron chi connectivity index (χ1n) is 8.23. The normalized spacial score (nSPS) is 11.4. The SMILES string of the molecule is FC(F)(F)Oc1ccc(CNc2ncncc2-c2nc(-c3ccsc3)no2)cc1. The first-order valence-corrected chi connectivity index (χ1v) is 9.17. The molecular weight excluding hydrogens is 407 g/mol. The molecule has 7 nitrogen and oxygen atoms in total. The van der Waals surface area contributed by atoms with Gasteiger partial charge >= 0.3 is 6.36 Å². The quantitative estimate of drug-likeness (QED) is 0.482. The van der Waals surface area contributed by atoms with Crippen molar-refractivity contribution in [1.29, 1.82) is 0 Å². The minimum atomic E-state index is -4.72. The third kappa shape index (κ3) is 4.69. The first-order chi connectivity index (χ1) is 14.0. The molecule has 0 aliphatic rings. The summed E-state index contributed by atoms with van der Waals surface area (Å²) in [6, 6.07) is 7.42. The van der Waals surface area contributed by atoms with Crippen molar-refractivity contribution in [3.05, 3.63) is 59.2 Å². The van der Waals surface area contributed by atoms with Crippen LogP contribution in [0.5, 0.6) is 5.75 Å².